The topological polar surface area (TPSA) is 80.2 Å². The molecule has 4 rings (SSSR count). The van der Waals surface area contributed by atoms with Gasteiger partial charge in [-0.2, -0.15) is 0 Å². The third-order valence-corrected chi connectivity index (χ3v) is 5.44. The molecular weight excluding hydrogens is 330 g/mol. The Hall–Kier alpha value is -2.70. The molecule has 0 unspecified atom stereocenters. The number of rotatable bonds is 4. The van der Waals surface area contributed by atoms with Crippen molar-refractivity contribution in [3.05, 3.63) is 42.0 Å². The Balaban J connectivity index is 1.37. The molecule has 3 heterocycles. The Kier molecular flexibility index (Phi) is 4.22. The highest BCUT2D eigenvalue weighted by atomic mass is 16.5. The fourth-order valence-electron chi connectivity index (χ4n) is 4.16. The molecule has 0 aromatic carbocycles. The molecule has 2 fully saturated rings. The number of nitrogens with zero attached hydrogens (tertiary/aromatic N) is 4. The molecule has 1 amide bonds. The molecule has 136 valence electrons. The first-order valence-electron chi connectivity index (χ1n) is 8.92. The highest BCUT2D eigenvalue weighted by Crippen LogP contribution is 2.49. The van der Waals surface area contributed by atoms with Gasteiger partial charge in [-0.3, -0.25) is 4.79 Å². The highest BCUT2D eigenvalue weighted by molar-refractivity contribution is 5.96. The molecule has 2 aromatic rings. The minimum absolute atomic E-state index is 0.00894. The molecule has 7 heteroatoms. The Labute approximate surface area is 152 Å². The number of carbonyl (C=O) groups excluding carboxylic acids is 1. The summed E-state index contributed by atoms with van der Waals surface area (Å²) in [7, 11) is 1.54. The standard InChI is InChI=1S/C19H23N5O2/c1-13-8-16(22-12-21-13)23-14-9-19(10-14)5-7-24(11-19)18(25)15-4-3-6-20-17(15)26-2/h3-4,6,8,12,14H,5,7,9-11H2,1-2H3,(H,21,22,23). The summed E-state index contributed by atoms with van der Waals surface area (Å²) in [6.45, 7) is 3.55. The zero-order chi connectivity index (χ0) is 18.1. The monoisotopic (exact) mass is 353 g/mol. The van der Waals surface area contributed by atoms with E-state index in [0.29, 0.717) is 17.5 Å². The van der Waals surface area contributed by atoms with Crippen molar-refractivity contribution in [2.45, 2.75) is 32.2 Å². The van der Waals surface area contributed by atoms with E-state index in [1.807, 2.05) is 17.9 Å². The van der Waals surface area contributed by atoms with Gasteiger partial charge in [-0.1, -0.05) is 0 Å². The number of hydrogen-bond donors (Lipinski definition) is 1. The summed E-state index contributed by atoms with van der Waals surface area (Å²) >= 11 is 0. The van der Waals surface area contributed by atoms with E-state index >= 15 is 0 Å². The number of nitrogens with one attached hydrogen (secondary N) is 1. The van der Waals surface area contributed by atoms with Crippen LogP contribution in [0.15, 0.2) is 30.7 Å². The first-order valence-corrected chi connectivity index (χ1v) is 8.92. The molecule has 0 radical (unpaired) electrons. The summed E-state index contributed by atoms with van der Waals surface area (Å²) in [5.74, 6) is 1.28. The van der Waals surface area contributed by atoms with Gasteiger partial charge in [0.05, 0.1) is 7.11 Å². The maximum atomic E-state index is 12.8. The average molecular weight is 353 g/mol. The molecule has 1 aliphatic heterocycles. The first-order chi connectivity index (χ1) is 12.6. The number of anilines is 1. The summed E-state index contributed by atoms with van der Waals surface area (Å²) in [5, 5.41) is 3.48. The number of carbonyl (C=O) groups is 1. The van der Waals surface area contributed by atoms with E-state index in [0.717, 1.165) is 43.9 Å². The normalized spacial score (nSPS) is 24.4. The van der Waals surface area contributed by atoms with Crippen LogP contribution in [0.5, 0.6) is 5.88 Å². The van der Waals surface area contributed by atoms with E-state index < -0.39 is 0 Å². The van der Waals surface area contributed by atoms with Crippen molar-refractivity contribution in [1.82, 2.24) is 19.9 Å². The second-order valence-corrected chi connectivity index (χ2v) is 7.33. The van der Waals surface area contributed by atoms with Crippen LogP contribution in [-0.4, -0.2) is 52.0 Å². The maximum Gasteiger partial charge on any atom is 0.259 e. The molecule has 1 saturated heterocycles. The minimum atomic E-state index is 0.00894. The SMILES string of the molecule is COc1ncccc1C(=O)N1CCC2(CC(Nc3cc(C)ncn3)C2)C1. The number of amides is 1. The second-order valence-electron chi connectivity index (χ2n) is 7.33. The van der Waals surface area contributed by atoms with Gasteiger partial charge in [0.1, 0.15) is 17.7 Å². The lowest BCUT2D eigenvalue weighted by atomic mass is 9.65. The van der Waals surface area contributed by atoms with Gasteiger partial charge in [0, 0.05) is 37.1 Å². The van der Waals surface area contributed by atoms with Crippen molar-refractivity contribution in [1.29, 1.82) is 0 Å². The number of ether oxygens (including phenoxy) is 1. The second kappa shape index (κ2) is 6.55. The van der Waals surface area contributed by atoms with E-state index in [9.17, 15) is 4.79 Å². The van der Waals surface area contributed by atoms with Crippen molar-refractivity contribution in [3.8, 4) is 5.88 Å². The van der Waals surface area contributed by atoms with Crippen LogP contribution in [0.25, 0.3) is 0 Å². The summed E-state index contributed by atoms with van der Waals surface area (Å²) in [6, 6.07) is 5.92. The fraction of sp³-hybridized carbons (Fsp3) is 0.474. The maximum absolute atomic E-state index is 12.8. The Morgan fingerprint density at radius 1 is 1.35 bits per heavy atom. The van der Waals surface area contributed by atoms with Gasteiger partial charge in [0.2, 0.25) is 5.88 Å². The number of likely N-dealkylation sites (tertiary alicyclic amines) is 1. The summed E-state index contributed by atoms with van der Waals surface area (Å²) in [4.78, 5) is 27.3. The average Bonchev–Trinajstić information content (AvgIpc) is 3.06. The van der Waals surface area contributed by atoms with Crippen LogP contribution in [0.3, 0.4) is 0 Å². The zero-order valence-electron chi connectivity index (χ0n) is 15.1. The van der Waals surface area contributed by atoms with Gasteiger partial charge in [-0.05, 0) is 43.7 Å². The van der Waals surface area contributed by atoms with Gasteiger partial charge in [0.15, 0.2) is 0 Å². The molecule has 1 aliphatic carbocycles. The summed E-state index contributed by atoms with van der Waals surface area (Å²) in [5.41, 5.74) is 1.72. The largest absolute Gasteiger partial charge is 0.480 e. The van der Waals surface area contributed by atoms with Crippen LogP contribution < -0.4 is 10.1 Å². The summed E-state index contributed by atoms with van der Waals surface area (Å²) < 4.78 is 5.23. The molecule has 26 heavy (non-hydrogen) atoms. The van der Waals surface area contributed by atoms with E-state index in [1.54, 1.807) is 31.8 Å². The van der Waals surface area contributed by atoms with Crippen LogP contribution >= 0.6 is 0 Å². The molecule has 0 bridgehead atoms. The van der Waals surface area contributed by atoms with Gasteiger partial charge >= 0.3 is 0 Å². The van der Waals surface area contributed by atoms with Crippen LogP contribution in [0, 0.1) is 12.3 Å². The molecule has 1 spiro atoms. The van der Waals surface area contributed by atoms with Crippen LogP contribution in [0.4, 0.5) is 5.82 Å². The molecule has 0 atom stereocenters. The molecule has 1 N–H and O–H groups in total. The van der Waals surface area contributed by atoms with Gasteiger partial charge in [-0.15, -0.1) is 0 Å². The van der Waals surface area contributed by atoms with Crippen LogP contribution in [0.1, 0.15) is 35.3 Å². The van der Waals surface area contributed by atoms with E-state index in [-0.39, 0.29) is 11.3 Å². The lowest BCUT2D eigenvalue weighted by molar-refractivity contribution is 0.0712. The Morgan fingerprint density at radius 2 is 2.19 bits per heavy atom. The molecule has 1 saturated carbocycles. The highest BCUT2D eigenvalue weighted by Gasteiger charge is 2.49. The van der Waals surface area contributed by atoms with E-state index in [2.05, 4.69) is 20.3 Å². The number of aromatic nitrogens is 3. The van der Waals surface area contributed by atoms with Crippen molar-refractivity contribution in [2.24, 2.45) is 5.41 Å². The lowest BCUT2D eigenvalue weighted by Gasteiger charge is -2.45. The predicted molar refractivity (Wildman–Crippen MR) is 97.2 cm³/mol. The number of hydrogen-bond acceptors (Lipinski definition) is 6. The Bertz CT molecular complexity index is 819. The molecule has 7 nitrogen and oxygen atoms in total. The first kappa shape index (κ1) is 16.8. The molecular formula is C19H23N5O2. The third kappa shape index (κ3) is 3.09. The zero-order valence-corrected chi connectivity index (χ0v) is 15.1. The van der Waals surface area contributed by atoms with Crippen LogP contribution in [-0.2, 0) is 0 Å². The van der Waals surface area contributed by atoms with E-state index in [4.69, 9.17) is 4.74 Å². The van der Waals surface area contributed by atoms with Crippen molar-refractivity contribution < 1.29 is 9.53 Å². The smallest absolute Gasteiger partial charge is 0.259 e. The van der Waals surface area contributed by atoms with Crippen LogP contribution in [0.2, 0.25) is 0 Å². The number of aryl methyl sites for hydroxylation is 1. The predicted octanol–water partition coefficient (Wildman–Crippen LogP) is 2.30. The van der Waals surface area contributed by atoms with E-state index in [1.165, 1.54) is 0 Å². The van der Waals surface area contributed by atoms with Crippen molar-refractivity contribution in [2.75, 3.05) is 25.5 Å². The van der Waals surface area contributed by atoms with Gasteiger partial charge < -0.3 is 15.0 Å². The fourth-order valence-corrected chi connectivity index (χ4v) is 4.16. The number of methoxy groups -OCH3 is 1. The van der Waals surface area contributed by atoms with Gasteiger partial charge in [0.25, 0.3) is 5.91 Å². The minimum Gasteiger partial charge on any atom is -0.480 e. The molecule has 2 aromatic heterocycles. The van der Waals surface area contributed by atoms with Crippen molar-refractivity contribution >= 4 is 11.7 Å². The number of pyridine rings is 1. The quantitative estimate of drug-likeness (QED) is 0.908. The Morgan fingerprint density at radius 3 is 2.96 bits per heavy atom. The third-order valence-electron chi connectivity index (χ3n) is 5.44. The lowest BCUT2D eigenvalue weighted by Crippen LogP contribution is -2.47. The summed E-state index contributed by atoms with van der Waals surface area (Å²) in [6.07, 6.45) is 6.39. The molecule has 2 aliphatic rings. The van der Waals surface area contributed by atoms with Gasteiger partial charge in [-0.25, -0.2) is 15.0 Å². The van der Waals surface area contributed by atoms with Crippen molar-refractivity contribution in [3.63, 3.8) is 0 Å².